The van der Waals surface area contributed by atoms with Gasteiger partial charge in [-0.1, -0.05) is 100 Å². The Balaban J connectivity index is -0.000000553. The van der Waals surface area contributed by atoms with Crippen LogP contribution < -0.4 is 9.47 Å². The van der Waals surface area contributed by atoms with Gasteiger partial charge in [-0.15, -0.1) is 0 Å². The lowest BCUT2D eigenvalue weighted by atomic mass is 10.1. The number of fused-ring (bicyclic) bond motifs is 1. The smallest absolute Gasteiger partial charge is 0.506 e. The minimum Gasteiger partial charge on any atom is -0.506 e. The predicted octanol–water partition coefficient (Wildman–Crippen LogP) is 12.3. The van der Waals surface area contributed by atoms with E-state index in [9.17, 15) is 14.4 Å². The van der Waals surface area contributed by atoms with Crippen LogP contribution in [0.25, 0.3) is 0 Å². The summed E-state index contributed by atoms with van der Waals surface area (Å²) in [6.45, 7) is 0.490. The Morgan fingerprint density at radius 2 is 1.29 bits per heavy atom. The zero-order valence-corrected chi connectivity index (χ0v) is 32.6. The normalized spacial score (nSPS) is 10.3. The molecular weight excluding hydrogens is 902 g/mol. The number of rotatable bonds is 6. The van der Waals surface area contributed by atoms with Gasteiger partial charge in [0, 0.05) is 26.8 Å². The molecule has 3 aromatic rings. The first-order valence-corrected chi connectivity index (χ1v) is 20.9. The van der Waals surface area contributed by atoms with Crippen LogP contribution >= 0.6 is 116 Å². The first kappa shape index (κ1) is 51.7. The number of carboxylic acid groups (broad SMARTS) is 2. The summed E-state index contributed by atoms with van der Waals surface area (Å²) in [7, 11) is 14.8. The number of Topliss-reactive ketones (excluding diaryl/α,β-unsaturated/α-hetero) is 1. The third kappa shape index (κ3) is 24.4. The van der Waals surface area contributed by atoms with Crippen LogP contribution in [0, 0.1) is 0 Å². The van der Waals surface area contributed by atoms with Gasteiger partial charge in [-0.3, -0.25) is 14.4 Å². The number of hydrogen-bond acceptors (Lipinski definition) is 6. The Kier molecular flexibility index (Phi) is 31.1. The Morgan fingerprint density at radius 1 is 0.792 bits per heavy atom. The molecule has 0 saturated carbocycles. The van der Waals surface area contributed by atoms with Gasteiger partial charge in [0.05, 0.1) is 46.7 Å². The molecule has 0 atom stereocenters. The number of halogens is 10. The van der Waals surface area contributed by atoms with Gasteiger partial charge in [0.25, 0.3) is 0 Å². The SMILES string of the molecule is C.C.O=C(O)CCBr.O=C(O)CCOc1ccc(Cl)cc1Cl.O=C1CCOc2c(Cl)cc(Cl)cc21.Oc1ccc(Cl)cc1Cl.[Cl][Al]([Cl])[Cl]. The number of aromatic hydroxyl groups is 1. The number of aliphatic carboxylic acids is 2. The average molecular weight is 934 g/mol. The molecule has 0 aromatic heterocycles. The van der Waals surface area contributed by atoms with Crippen molar-refractivity contribution < 1.29 is 39.2 Å². The number of phenols is 1. The molecule has 0 saturated heterocycles. The van der Waals surface area contributed by atoms with E-state index in [1.807, 2.05) is 0 Å². The van der Waals surface area contributed by atoms with Gasteiger partial charge in [-0.2, -0.15) is 0 Å². The molecular formula is C29H31AlBrCl9O8. The highest BCUT2D eigenvalue weighted by Crippen LogP contribution is 2.35. The van der Waals surface area contributed by atoms with E-state index in [4.69, 9.17) is 125 Å². The quantitative estimate of drug-likeness (QED) is 0.165. The molecule has 1 aliphatic rings. The fourth-order valence-electron chi connectivity index (χ4n) is 2.70. The van der Waals surface area contributed by atoms with Crippen LogP contribution in [0.15, 0.2) is 48.5 Å². The van der Waals surface area contributed by atoms with Crippen molar-refractivity contribution in [3.05, 3.63) is 84.2 Å². The van der Waals surface area contributed by atoms with Crippen molar-refractivity contribution >= 4 is 145 Å². The summed E-state index contributed by atoms with van der Waals surface area (Å²) >= 11 is 35.3. The Morgan fingerprint density at radius 3 is 1.73 bits per heavy atom. The van der Waals surface area contributed by atoms with Crippen LogP contribution in [0.5, 0.6) is 17.2 Å². The summed E-state index contributed by atoms with van der Waals surface area (Å²) in [5.41, 5.74) is 0.490. The third-order valence-electron chi connectivity index (χ3n) is 4.57. The van der Waals surface area contributed by atoms with Crippen molar-refractivity contribution in [2.45, 2.75) is 34.1 Å². The topological polar surface area (TPSA) is 130 Å². The van der Waals surface area contributed by atoms with Gasteiger partial charge in [-0.25, -0.2) is 30.1 Å². The van der Waals surface area contributed by atoms with E-state index in [-0.39, 0.29) is 50.9 Å². The van der Waals surface area contributed by atoms with Crippen LogP contribution in [-0.4, -0.2) is 63.0 Å². The maximum Gasteiger partial charge on any atom is 0.643 e. The zero-order valence-electron chi connectivity index (χ0n) is 23.1. The van der Waals surface area contributed by atoms with Crippen molar-refractivity contribution in [3.8, 4) is 17.2 Å². The second-order valence-electron chi connectivity index (χ2n) is 8.03. The summed E-state index contributed by atoms with van der Waals surface area (Å²) in [6, 6.07) is 12.4. The van der Waals surface area contributed by atoms with E-state index in [0.29, 0.717) is 60.5 Å². The van der Waals surface area contributed by atoms with Crippen LogP contribution in [0.2, 0.25) is 30.1 Å². The van der Waals surface area contributed by atoms with Crippen LogP contribution in [0.1, 0.15) is 44.5 Å². The van der Waals surface area contributed by atoms with Gasteiger partial charge in [-0.05, 0) is 48.5 Å². The number of hydrogen-bond donors (Lipinski definition) is 3. The Hall–Kier alpha value is -0.708. The van der Waals surface area contributed by atoms with E-state index in [1.165, 1.54) is 12.1 Å². The summed E-state index contributed by atoms with van der Waals surface area (Å²) in [5.74, 6) is -0.673. The molecule has 0 bridgehead atoms. The first-order valence-electron chi connectivity index (χ1n) is 12.3. The molecule has 1 heterocycles. The number of carbonyl (C=O) groups is 3. The van der Waals surface area contributed by atoms with E-state index < -0.39 is 23.3 Å². The number of carbonyl (C=O) groups excluding carboxylic acids is 1. The number of ether oxygens (including phenoxy) is 2. The van der Waals surface area contributed by atoms with E-state index in [0.717, 1.165) is 0 Å². The zero-order chi connectivity index (χ0) is 35.4. The van der Waals surface area contributed by atoms with Crippen LogP contribution in [-0.2, 0) is 9.59 Å². The third-order valence-corrected chi connectivity index (χ3v) is 6.53. The van der Waals surface area contributed by atoms with Crippen molar-refractivity contribution in [3.63, 3.8) is 0 Å². The van der Waals surface area contributed by atoms with Gasteiger partial charge in [0.15, 0.2) is 5.78 Å². The fraction of sp³-hybridized carbons (Fsp3) is 0.276. The Labute approximate surface area is 335 Å². The maximum absolute atomic E-state index is 11.4. The van der Waals surface area contributed by atoms with Gasteiger partial charge in [0.2, 0.25) is 0 Å². The molecule has 268 valence electrons. The fourth-order valence-corrected chi connectivity index (χ4v) is 4.46. The summed E-state index contributed by atoms with van der Waals surface area (Å²) in [5, 5.41) is 28.2. The molecule has 0 spiro atoms. The second-order valence-corrected chi connectivity index (χ2v) is 17.8. The largest absolute Gasteiger partial charge is 0.643 e. The first-order chi connectivity index (χ1) is 21.5. The molecule has 0 unspecified atom stereocenters. The summed E-state index contributed by atoms with van der Waals surface area (Å²) in [6.07, 6.45) is 0.544. The lowest BCUT2D eigenvalue weighted by Crippen LogP contribution is -2.15. The summed E-state index contributed by atoms with van der Waals surface area (Å²) in [4.78, 5) is 31.2. The van der Waals surface area contributed by atoms with Crippen molar-refractivity contribution in [2.75, 3.05) is 18.5 Å². The van der Waals surface area contributed by atoms with Crippen molar-refractivity contribution in [2.24, 2.45) is 0 Å². The molecule has 1 aliphatic heterocycles. The molecule has 3 aromatic carbocycles. The molecule has 3 N–H and O–H groups in total. The number of benzene rings is 3. The van der Waals surface area contributed by atoms with Gasteiger partial charge in [0.1, 0.15) is 17.2 Å². The lowest BCUT2D eigenvalue weighted by molar-refractivity contribution is -0.138. The molecule has 0 amide bonds. The van der Waals surface area contributed by atoms with E-state index in [2.05, 4.69) is 15.9 Å². The molecule has 0 fully saturated rings. The number of carboxylic acids is 2. The van der Waals surface area contributed by atoms with Crippen molar-refractivity contribution in [1.29, 1.82) is 0 Å². The lowest BCUT2D eigenvalue weighted by Gasteiger charge is -2.17. The second kappa shape index (κ2) is 28.9. The Bertz CT molecular complexity index is 1430. The molecule has 0 radical (unpaired) electrons. The minimum atomic E-state index is -1.72. The molecule has 48 heavy (non-hydrogen) atoms. The highest BCUT2D eigenvalue weighted by Gasteiger charge is 2.21. The van der Waals surface area contributed by atoms with Gasteiger partial charge < -0.3 is 24.8 Å². The number of ketones is 1. The van der Waals surface area contributed by atoms with E-state index >= 15 is 0 Å². The van der Waals surface area contributed by atoms with Crippen LogP contribution in [0.4, 0.5) is 0 Å². The number of phenolic OH excluding ortho intramolecular Hbond substituents is 1. The molecule has 8 nitrogen and oxygen atoms in total. The monoisotopic (exact) mass is 928 g/mol. The van der Waals surface area contributed by atoms with Gasteiger partial charge >= 0.3 is 23.3 Å². The van der Waals surface area contributed by atoms with Crippen molar-refractivity contribution in [1.82, 2.24) is 0 Å². The molecule has 4 rings (SSSR count). The summed E-state index contributed by atoms with van der Waals surface area (Å²) < 4.78 is 10.4. The standard InChI is InChI=1S/C9H8Cl2O3.C9H6Cl2O2.C6H4Cl2O.C3H5BrO2.2CH4.Al.3ClH/c10-6-1-2-8(7(11)5-6)14-4-3-9(12)13;10-5-3-6-8(12)1-2-13-9(6)7(11)4-5;7-4-1-2-6(9)5(8)3-4;4-2-1-3(5)6;;;;;;/h1-2,5H,3-4H2,(H,12,13);3-4H,1-2H2;1-3,9H;1-2H2,(H,5,6);2*1H4;;3*1H/q;;;;;;+3;;;/p-3. The minimum absolute atomic E-state index is 0. The molecule has 19 heteroatoms. The predicted molar refractivity (Wildman–Crippen MR) is 206 cm³/mol. The van der Waals surface area contributed by atoms with Crippen LogP contribution in [0.3, 0.4) is 0 Å². The highest BCUT2D eigenvalue weighted by atomic mass is 79.9. The maximum atomic E-state index is 11.4. The highest BCUT2D eigenvalue weighted by molar-refractivity contribution is 9.09. The average Bonchev–Trinajstić information content (AvgIpc) is 2.93. The van der Waals surface area contributed by atoms with E-state index in [1.54, 1.807) is 36.4 Å². The number of alkyl halides is 1. The molecule has 0 aliphatic carbocycles.